The van der Waals surface area contributed by atoms with Crippen molar-refractivity contribution in [2.75, 3.05) is 11.4 Å². The number of non-ortho nitro benzene ring substituents is 1. The number of carbonyl (C=O) groups is 1. The van der Waals surface area contributed by atoms with Crippen molar-refractivity contribution in [3.05, 3.63) is 34.4 Å². The van der Waals surface area contributed by atoms with E-state index in [2.05, 4.69) is 0 Å². The standard InChI is InChI=1S/C11H10Cl2N2O3/c12-11(13)6-1-7-14(10(11)16)8-2-4-9(5-3-8)15(17)18/h2-5H,1,6-7H2. The third kappa shape index (κ3) is 2.42. The van der Waals surface area contributed by atoms with Crippen molar-refractivity contribution in [1.29, 1.82) is 0 Å². The number of amides is 1. The second kappa shape index (κ2) is 4.74. The van der Waals surface area contributed by atoms with Crippen molar-refractivity contribution in [3.63, 3.8) is 0 Å². The molecule has 18 heavy (non-hydrogen) atoms. The average molecular weight is 289 g/mol. The highest BCUT2D eigenvalue weighted by Gasteiger charge is 2.41. The van der Waals surface area contributed by atoms with E-state index in [1.165, 1.54) is 29.2 Å². The molecule has 1 aliphatic rings. The van der Waals surface area contributed by atoms with Gasteiger partial charge in [0.05, 0.1) is 4.92 Å². The lowest BCUT2D eigenvalue weighted by atomic mass is 10.1. The van der Waals surface area contributed by atoms with E-state index in [4.69, 9.17) is 23.2 Å². The number of alkyl halides is 2. The minimum atomic E-state index is -1.40. The van der Waals surface area contributed by atoms with E-state index < -0.39 is 9.26 Å². The molecule has 0 bridgehead atoms. The predicted octanol–water partition coefficient (Wildman–Crippen LogP) is 2.90. The lowest BCUT2D eigenvalue weighted by Crippen LogP contribution is -2.47. The number of rotatable bonds is 2. The number of carbonyl (C=O) groups excluding carboxylic acids is 1. The summed E-state index contributed by atoms with van der Waals surface area (Å²) in [5.74, 6) is -0.383. The number of piperidine rings is 1. The van der Waals surface area contributed by atoms with Crippen LogP contribution in [0.3, 0.4) is 0 Å². The van der Waals surface area contributed by atoms with Gasteiger partial charge in [0.15, 0.2) is 4.33 Å². The van der Waals surface area contributed by atoms with Crippen molar-refractivity contribution in [2.24, 2.45) is 0 Å². The van der Waals surface area contributed by atoms with Gasteiger partial charge in [0.2, 0.25) is 0 Å². The highest BCUT2D eigenvalue weighted by Crippen LogP contribution is 2.35. The number of hydrogen-bond acceptors (Lipinski definition) is 3. The molecule has 1 saturated heterocycles. The van der Waals surface area contributed by atoms with Crippen LogP contribution < -0.4 is 4.90 Å². The fourth-order valence-electron chi connectivity index (χ4n) is 1.87. The number of hydrogen-bond donors (Lipinski definition) is 0. The maximum absolute atomic E-state index is 12.0. The molecular weight excluding hydrogens is 279 g/mol. The Hall–Kier alpha value is -1.33. The van der Waals surface area contributed by atoms with Crippen molar-refractivity contribution >= 4 is 40.5 Å². The molecule has 0 N–H and O–H groups in total. The van der Waals surface area contributed by atoms with Gasteiger partial charge in [-0.05, 0) is 25.0 Å². The van der Waals surface area contributed by atoms with Crippen LogP contribution in [0.4, 0.5) is 11.4 Å². The number of nitro groups is 1. The summed E-state index contributed by atoms with van der Waals surface area (Å²) in [4.78, 5) is 23.5. The summed E-state index contributed by atoms with van der Waals surface area (Å²) in [6.07, 6.45) is 1.11. The lowest BCUT2D eigenvalue weighted by molar-refractivity contribution is -0.384. The Morgan fingerprint density at radius 2 is 1.89 bits per heavy atom. The van der Waals surface area contributed by atoms with Gasteiger partial charge in [-0.3, -0.25) is 14.9 Å². The first-order valence-electron chi connectivity index (χ1n) is 5.36. The predicted molar refractivity (Wildman–Crippen MR) is 69.1 cm³/mol. The molecule has 0 aliphatic carbocycles. The minimum absolute atomic E-state index is 0.0220. The number of nitro benzene ring substituents is 1. The van der Waals surface area contributed by atoms with Gasteiger partial charge in [-0.2, -0.15) is 0 Å². The van der Waals surface area contributed by atoms with Gasteiger partial charge < -0.3 is 4.90 Å². The molecule has 1 amide bonds. The van der Waals surface area contributed by atoms with Crippen molar-refractivity contribution < 1.29 is 9.72 Å². The number of nitrogens with zero attached hydrogens (tertiary/aromatic N) is 2. The summed E-state index contributed by atoms with van der Waals surface area (Å²) in [5.41, 5.74) is 0.544. The van der Waals surface area contributed by atoms with Crippen LogP contribution in [0.5, 0.6) is 0 Å². The summed E-state index contributed by atoms with van der Waals surface area (Å²) < 4.78 is -1.40. The summed E-state index contributed by atoms with van der Waals surface area (Å²) in [6.45, 7) is 0.512. The Morgan fingerprint density at radius 1 is 1.28 bits per heavy atom. The Balaban J connectivity index is 2.26. The first kappa shape index (κ1) is 13.1. The molecular formula is C11H10Cl2N2O3. The number of halogens is 2. The van der Waals surface area contributed by atoms with Gasteiger partial charge in [0, 0.05) is 24.4 Å². The summed E-state index contributed by atoms with van der Waals surface area (Å²) >= 11 is 11.8. The molecule has 0 unspecified atom stereocenters. The van der Waals surface area contributed by atoms with Crippen LogP contribution in [0.2, 0.25) is 0 Å². The summed E-state index contributed by atoms with van der Waals surface area (Å²) in [7, 11) is 0. The van der Waals surface area contributed by atoms with Crippen LogP contribution in [0.25, 0.3) is 0 Å². The number of anilines is 1. The molecule has 5 nitrogen and oxygen atoms in total. The van der Waals surface area contributed by atoms with Gasteiger partial charge in [-0.15, -0.1) is 0 Å². The third-order valence-electron chi connectivity index (χ3n) is 2.80. The fraction of sp³-hybridized carbons (Fsp3) is 0.364. The Labute approximate surface area is 113 Å². The van der Waals surface area contributed by atoms with Crippen LogP contribution in [-0.4, -0.2) is 21.7 Å². The smallest absolute Gasteiger partial charge is 0.269 e. The van der Waals surface area contributed by atoms with E-state index in [0.717, 1.165) is 0 Å². The van der Waals surface area contributed by atoms with Crippen LogP contribution in [0, 0.1) is 10.1 Å². The maximum Gasteiger partial charge on any atom is 0.269 e. The second-order valence-corrected chi connectivity index (χ2v) is 5.52. The summed E-state index contributed by atoms with van der Waals surface area (Å²) in [6, 6.07) is 5.74. The molecule has 0 radical (unpaired) electrons. The maximum atomic E-state index is 12.0. The van der Waals surface area contributed by atoms with E-state index >= 15 is 0 Å². The van der Waals surface area contributed by atoms with Gasteiger partial charge in [-0.1, -0.05) is 23.2 Å². The summed E-state index contributed by atoms with van der Waals surface area (Å²) in [5, 5.41) is 10.5. The van der Waals surface area contributed by atoms with Gasteiger partial charge in [0.1, 0.15) is 0 Å². The molecule has 7 heteroatoms. The lowest BCUT2D eigenvalue weighted by Gasteiger charge is -2.33. The molecule has 1 aromatic carbocycles. The van der Waals surface area contributed by atoms with Crippen molar-refractivity contribution in [3.8, 4) is 0 Å². The SMILES string of the molecule is O=C1N(c2ccc([N+](=O)[O-])cc2)CCCC1(Cl)Cl. The van der Waals surface area contributed by atoms with Crippen molar-refractivity contribution in [2.45, 2.75) is 17.2 Å². The van der Waals surface area contributed by atoms with Crippen LogP contribution in [-0.2, 0) is 4.79 Å². The van der Waals surface area contributed by atoms with Gasteiger partial charge in [-0.25, -0.2) is 0 Å². The van der Waals surface area contributed by atoms with Gasteiger partial charge >= 0.3 is 0 Å². The molecule has 1 aliphatic heterocycles. The van der Waals surface area contributed by atoms with E-state index in [9.17, 15) is 14.9 Å². The highest BCUT2D eigenvalue weighted by molar-refractivity contribution is 6.59. The first-order valence-corrected chi connectivity index (χ1v) is 6.12. The molecule has 0 atom stereocenters. The zero-order chi connectivity index (χ0) is 13.3. The minimum Gasteiger partial charge on any atom is -0.310 e. The molecule has 2 rings (SSSR count). The van der Waals surface area contributed by atoms with Crippen LogP contribution in [0.15, 0.2) is 24.3 Å². The third-order valence-corrected chi connectivity index (χ3v) is 3.50. The Kier molecular flexibility index (Phi) is 3.45. The largest absolute Gasteiger partial charge is 0.310 e. The van der Waals surface area contributed by atoms with Gasteiger partial charge in [0.25, 0.3) is 11.6 Å². The molecule has 0 spiro atoms. The molecule has 96 valence electrons. The molecule has 1 aromatic rings. The van der Waals surface area contributed by atoms with E-state index in [1.807, 2.05) is 0 Å². The molecule has 1 heterocycles. The topological polar surface area (TPSA) is 63.5 Å². The molecule has 0 aromatic heterocycles. The van der Waals surface area contributed by atoms with E-state index in [0.29, 0.717) is 25.1 Å². The van der Waals surface area contributed by atoms with Crippen LogP contribution in [0.1, 0.15) is 12.8 Å². The van der Waals surface area contributed by atoms with E-state index in [-0.39, 0.29) is 11.6 Å². The van der Waals surface area contributed by atoms with Crippen LogP contribution >= 0.6 is 23.2 Å². The highest BCUT2D eigenvalue weighted by atomic mass is 35.5. The first-order chi connectivity index (χ1) is 8.42. The second-order valence-electron chi connectivity index (χ2n) is 4.04. The normalized spacial score (nSPS) is 18.8. The molecule has 1 fully saturated rings. The zero-order valence-electron chi connectivity index (χ0n) is 9.31. The monoisotopic (exact) mass is 288 g/mol. The fourth-order valence-corrected chi connectivity index (χ4v) is 2.34. The number of benzene rings is 1. The Bertz CT molecular complexity index is 488. The van der Waals surface area contributed by atoms with E-state index in [1.54, 1.807) is 0 Å². The Morgan fingerprint density at radius 3 is 2.44 bits per heavy atom. The quantitative estimate of drug-likeness (QED) is 0.477. The van der Waals surface area contributed by atoms with Crippen molar-refractivity contribution in [1.82, 2.24) is 0 Å². The zero-order valence-corrected chi connectivity index (χ0v) is 10.8. The average Bonchev–Trinajstić information content (AvgIpc) is 2.33. The molecule has 0 saturated carbocycles.